The molecule has 1 aromatic carbocycles. The smallest absolute Gasteiger partial charge is 0.308 e. The minimum atomic E-state index is -0.580. The van der Waals surface area contributed by atoms with Gasteiger partial charge in [0.15, 0.2) is 11.9 Å². The number of ketones is 1. The van der Waals surface area contributed by atoms with Crippen molar-refractivity contribution < 1.29 is 23.9 Å². The van der Waals surface area contributed by atoms with Gasteiger partial charge < -0.3 is 9.47 Å². The van der Waals surface area contributed by atoms with Gasteiger partial charge in [-0.3, -0.25) is 14.4 Å². The zero-order chi connectivity index (χ0) is 19.3. The molecule has 3 aliphatic rings. The van der Waals surface area contributed by atoms with Crippen LogP contribution in [0, 0.1) is 17.3 Å². The van der Waals surface area contributed by atoms with Gasteiger partial charge in [0.25, 0.3) is 0 Å². The predicted octanol–water partition coefficient (Wildman–Crippen LogP) is 3.58. The van der Waals surface area contributed by atoms with Gasteiger partial charge in [-0.2, -0.15) is 0 Å². The van der Waals surface area contributed by atoms with Gasteiger partial charge in [-0.25, -0.2) is 0 Å². The lowest BCUT2D eigenvalue weighted by Gasteiger charge is -2.48. The Bertz CT molecular complexity index is 813. The highest BCUT2D eigenvalue weighted by Gasteiger charge is 2.59. The van der Waals surface area contributed by atoms with E-state index in [9.17, 15) is 14.4 Å². The maximum atomic E-state index is 12.9. The lowest BCUT2D eigenvalue weighted by molar-refractivity contribution is -0.153. The van der Waals surface area contributed by atoms with E-state index in [0.29, 0.717) is 24.0 Å². The molecule has 0 amide bonds. The molecule has 3 aliphatic carbocycles. The standard InChI is InChI=1S/C22H26O5/c1-12(23)26-15-5-7-16-14(10-15)4-6-18-17(16)8-9-22(3)19(18)11-20(21(22)25)27-13(2)24/h5,7,10,17-20H,4,6,8-9,11H2,1-3H3/t17-,18?,19+,20-,22?/m1/s1. The van der Waals surface area contributed by atoms with Crippen molar-refractivity contribution in [2.24, 2.45) is 17.3 Å². The van der Waals surface area contributed by atoms with Crippen LogP contribution in [0.3, 0.4) is 0 Å². The molecule has 1 aromatic rings. The first-order chi connectivity index (χ1) is 12.8. The monoisotopic (exact) mass is 370 g/mol. The molecule has 0 bridgehead atoms. The first-order valence-corrected chi connectivity index (χ1v) is 9.82. The second kappa shape index (κ2) is 6.47. The van der Waals surface area contributed by atoms with Gasteiger partial charge in [-0.15, -0.1) is 0 Å². The number of aryl methyl sites for hydroxylation is 1. The van der Waals surface area contributed by atoms with Crippen LogP contribution in [0.15, 0.2) is 18.2 Å². The van der Waals surface area contributed by atoms with Crippen LogP contribution in [0.5, 0.6) is 5.75 Å². The average Bonchev–Trinajstić information content (AvgIpc) is 2.85. The molecule has 0 aromatic heterocycles. The summed E-state index contributed by atoms with van der Waals surface area (Å²) in [6, 6.07) is 5.95. The van der Waals surface area contributed by atoms with Crippen molar-refractivity contribution in [3.05, 3.63) is 29.3 Å². The third-order valence-electron chi connectivity index (χ3n) is 6.98. The summed E-state index contributed by atoms with van der Waals surface area (Å²) in [5.74, 6) is 1.14. The molecule has 0 spiro atoms. The molecular formula is C22H26O5. The van der Waals surface area contributed by atoms with Crippen LogP contribution in [0.4, 0.5) is 0 Å². The Morgan fingerprint density at radius 3 is 2.63 bits per heavy atom. The molecule has 0 heterocycles. The van der Waals surface area contributed by atoms with Gasteiger partial charge in [-0.05, 0) is 73.1 Å². The molecule has 144 valence electrons. The molecule has 5 heteroatoms. The SMILES string of the molecule is CC(=O)Oc1ccc2c(c1)CCC1[C@@H]2CCC2(C)C(=O)[C@H](OC(C)=O)C[C@@H]12. The van der Waals surface area contributed by atoms with Crippen LogP contribution in [0.2, 0.25) is 0 Å². The number of rotatable bonds is 2. The van der Waals surface area contributed by atoms with Crippen molar-refractivity contribution in [1.82, 2.24) is 0 Å². The summed E-state index contributed by atoms with van der Waals surface area (Å²) < 4.78 is 10.6. The zero-order valence-electron chi connectivity index (χ0n) is 16.1. The van der Waals surface area contributed by atoms with E-state index in [4.69, 9.17) is 9.47 Å². The molecule has 0 N–H and O–H groups in total. The number of esters is 2. The highest BCUT2D eigenvalue weighted by molar-refractivity contribution is 5.93. The van der Waals surface area contributed by atoms with Gasteiger partial charge in [0, 0.05) is 19.3 Å². The number of fused-ring (bicyclic) bond motifs is 5. The first kappa shape index (κ1) is 18.2. The Balaban J connectivity index is 1.61. The minimum absolute atomic E-state index is 0.108. The Morgan fingerprint density at radius 2 is 1.93 bits per heavy atom. The van der Waals surface area contributed by atoms with E-state index in [-0.39, 0.29) is 29.1 Å². The number of ether oxygens (including phenoxy) is 2. The molecule has 2 saturated carbocycles. The van der Waals surface area contributed by atoms with E-state index in [2.05, 4.69) is 13.0 Å². The number of hydrogen-bond acceptors (Lipinski definition) is 5. The van der Waals surface area contributed by atoms with Crippen molar-refractivity contribution in [3.63, 3.8) is 0 Å². The summed E-state index contributed by atoms with van der Waals surface area (Å²) in [6.45, 7) is 4.85. The van der Waals surface area contributed by atoms with Crippen LogP contribution >= 0.6 is 0 Å². The maximum absolute atomic E-state index is 12.9. The van der Waals surface area contributed by atoms with Crippen molar-refractivity contribution in [2.45, 2.75) is 64.9 Å². The van der Waals surface area contributed by atoms with E-state index in [1.807, 2.05) is 12.1 Å². The number of Topliss-reactive ketones (excluding diaryl/α,β-unsaturated/α-hetero) is 1. The van der Waals surface area contributed by atoms with E-state index >= 15 is 0 Å². The average molecular weight is 370 g/mol. The second-order valence-corrected chi connectivity index (χ2v) is 8.52. The van der Waals surface area contributed by atoms with Crippen molar-refractivity contribution >= 4 is 17.7 Å². The highest BCUT2D eigenvalue weighted by Crippen LogP contribution is 2.60. The van der Waals surface area contributed by atoms with E-state index < -0.39 is 6.10 Å². The minimum Gasteiger partial charge on any atom is -0.455 e. The number of benzene rings is 1. The Labute approximate surface area is 159 Å². The first-order valence-electron chi connectivity index (χ1n) is 9.82. The number of hydrogen-bond donors (Lipinski definition) is 0. The molecular weight excluding hydrogens is 344 g/mol. The zero-order valence-corrected chi connectivity index (χ0v) is 16.1. The lowest BCUT2D eigenvalue weighted by atomic mass is 9.55. The van der Waals surface area contributed by atoms with Crippen LogP contribution in [0.1, 0.15) is 63.5 Å². The summed E-state index contributed by atoms with van der Waals surface area (Å²) in [5, 5.41) is 0. The normalized spacial score (nSPS) is 34.3. The number of carbonyl (C=O) groups excluding carboxylic acids is 3. The summed E-state index contributed by atoms with van der Waals surface area (Å²) >= 11 is 0. The molecule has 2 unspecified atom stereocenters. The molecule has 0 saturated heterocycles. The molecule has 4 rings (SSSR count). The quantitative estimate of drug-likeness (QED) is 0.588. The van der Waals surface area contributed by atoms with Crippen LogP contribution in [-0.2, 0) is 25.5 Å². The molecule has 0 aliphatic heterocycles. The highest BCUT2D eigenvalue weighted by atomic mass is 16.5. The van der Waals surface area contributed by atoms with Crippen LogP contribution < -0.4 is 4.74 Å². The Kier molecular flexibility index (Phi) is 4.36. The fourth-order valence-electron chi connectivity index (χ4n) is 5.86. The van der Waals surface area contributed by atoms with Gasteiger partial charge in [0.2, 0.25) is 0 Å². The second-order valence-electron chi connectivity index (χ2n) is 8.52. The van der Waals surface area contributed by atoms with Gasteiger partial charge in [0.05, 0.1) is 0 Å². The van der Waals surface area contributed by atoms with Gasteiger partial charge >= 0.3 is 11.9 Å². The third kappa shape index (κ3) is 2.97. The van der Waals surface area contributed by atoms with Crippen LogP contribution in [0.25, 0.3) is 0 Å². The third-order valence-corrected chi connectivity index (χ3v) is 6.98. The van der Waals surface area contributed by atoms with Gasteiger partial charge in [-0.1, -0.05) is 13.0 Å². The van der Waals surface area contributed by atoms with E-state index in [1.165, 1.54) is 25.0 Å². The van der Waals surface area contributed by atoms with Crippen molar-refractivity contribution in [2.75, 3.05) is 0 Å². The Morgan fingerprint density at radius 1 is 1.15 bits per heavy atom. The van der Waals surface area contributed by atoms with Crippen LogP contribution in [-0.4, -0.2) is 23.8 Å². The summed E-state index contributed by atoms with van der Waals surface area (Å²) in [4.78, 5) is 35.6. The number of carbonyl (C=O) groups is 3. The topological polar surface area (TPSA) is 69.7 Å². The largest absolute Gasteiger partial charge is 0.455 e. The summed E-state index contributed by atoms with van der Waals surface area (Å²) in [7, 11) is 0. The summed E-state index contributed by atoms with van der Waals surface area (Å²) in [5.41, 5.74) is 2.20. The summed E-state index contributed by atoms with van der Waals surface area (Å²) in [6.07, 6.45) is 3.81. The fraction of sp³-hybridized carbons (Fsp3) is 0.591. The molecule has 0 radical (unpaired) electrons. The van der Waals surface area contributed by atoms with Crippen molar-refractivity contribution in [3.8, 4) is 5.75 Å². The fourth-order valence-corrected chi connectivity index (χ4v) is 5.86. The molecule has 5 nitrogen and oxygen atoms in total. The molecule has 27 heavy (non-hydrogen) atoms. The van der Waals surface area contributed by atoms with Crippen molar-refractivity contribution in [1.29, 1.82) is 0 Å². The van der Waals surface area contributed by atoms with E-state index in [0.717, 1.165) is 25.7 Å². The molecule has 5 atom stereocenters. The lowest BCUT2D eigenvalue weighted by Crippen LogP contribution is -2.43. The Hall–Kier alpha value is -2.17. The van der Waals surface area contributed by atoms with Gasteiger partial charge in [0.1, 0.15) is 5.75 Å². The molecule has 2 fully saturated rings. The predicted molar refractivity (Wildman–Crippen MR) is 98.3 cm³/mol. The maximum Gasteiger partial charge on any atom is 0.308 e. The van der Waals surface area contributed by atoms with E-state index in [1.54, 1.807) is 0 Å².